The smallest absolute Gasteiger partial charge is 0.161 e. The summed E-state index contributed by atoms with van der Waals surface area (Å²) in [5.41, 5.74) is 2.69. The Kier molecular flexibility index (Phi) is 3.28. The van der Waals surface area contributed by atoms with Crippen molar-refractivity contribution >= 4 is 0 Å². The Morgan fingerprint density at radius 1 is 0.857 bits per heavy atom. The standard InChI is InChI=1S/C18H19NO2/c1-2-4-13(5-3-1)18-15(8-9-19-18)14-6-7-16-17(12-14)21-11-10-20-16/h1-7,12,15,18-19H,8-11H2. The number of fused-ring (bicyclic) bond motifs is 1. The molecular weight excluding hydrogens is 262 g/mol. The van der Waals surface area contributed by atoms with Gasteiger partial charge in [-0.1, -0.05) is 36.4 Å². The zero-order chi connectivity index (χ0) is 14.1. The summed E-state index contributed by atoms with van der Waals surface area (Å²) in [7, 11) is 0. The lowest BCUT2D eigenvalue weighted by Crippen LogP contribution is -2.18. The maximum Gasteiger partial charge on any atom is 0.161 e. The molecule has 0 aromatic heterocycles. The minimum Gasteiger partial charge on any atom is -0.486 e. The van der Waals surface area contributed by atoms with Crippen LogP contribution in [0.5, 0.6) is 11.5 Å². The van der Waals surface area contributed by atoms with Crippen LogP contribution in [-0.4, -0.2) is 19.8 Å². The van der Waals surface area contributed by atoms with Gasteiger partial charge in [0, 0.05) is 12.0 Å². The van der Waals surface area contributed by atoms with Crippen LogP contribution < -0.4 is 14.8 Å². The van der Waals surface area contributed by atoms with Crippen LogP contribution in [0.1, 0.15) is 29.5 Å². The topological polar surface area (TPSA) is 30.5 Å². The third kappa shape index (κ3) is 2.38. The first-order valence-electron chi connectivity index (χ1n) is 7.60. The van der Waals surface area contributed by atoms with Crippen molar-refractivity contribution in [1.29, 1.82) is 0 Å². The molecule has 0 spiro atoms. The molecule has 2 aromatic rings. The highest BCUT2D eigenvalue weighted by molar-refractivity contribution is 5.45. The van der Waals surface area contributed by atoms with Gasteiger partial charge in [0.05, 0.1) is 0 Å². The molecule has 0 amide bonds. The highest BCUT2D eigenvalue weighted by atomic mass is 16.6. The average Bonchev–Trinajstić information content (AvgIpc) is 3.05. The third-order valence-electron chi connectivity index (χ3n) is 4.38. The molecule has 3 nitrogen and oxygen atoms in total. The van der Waals surface area contributed by atoms with Crippen LogP contribution in [-0.2, 0) is 0 Å². The SMILES string of the molecule is c1ccc(C2NCCC2c2ccc3c(c2)OCCO3)cc1. The van der Waals surface area contributed by atoms with E-state index in [1.807, 2.05) is 6.07 Å². The molecule has 108 valence electrons. The van der Waals surface area contributed by atoms with Crippen LogP contribution >= 0.6 is 0 Å². The molecule has 2 aliphatic rings. The van der Waals surface area contributed by atoms with Gasteiger partial charge in [-0.3, -0.25) is 0 Å². The van der Waals surface area contributed by atoms with Crippen LogP contribution in [0.15, 0.2) is 48.5 Å². The Morgan fingerprint density at radius 3 is 2.52 bits per heavy atom. The summed E-state index contributed by atoms with van der Waals surface area (Å²) < 4.78 is 11.3. The van der Waals surface area contributed by atoms with Gasteiger partial charge in [0.15, 0.2) is 11.5 Å². The molecule has 3 heteroatoms. The molecule has 0 radical (unpaired) electrons. The van der Waals surface area contributed by atoms with Crippen LogP contribution in [0.4, 0.5) is 0 Å². The molecule has 2 heterocycles. The molecule has 4 rings (SSSR count). The van der Waals surface area contributed by atoms with E-state index in [1.54, 1.807) is 0 Å². The van der Waals surface area contributed by atoms with E-state index in [-0.39, 0.29) is 0 Å². The predicted molar refractivity (Wildman–Crippen MR) is 82.0 cm³/mol. The van der Waals surface area contributed by atoms with Crippen molar-refractivity contribution in [2.24, 2.45) is 0 Å². The lowest BCUT2D eigenvalue weighted by atomic mass is 9.88. The molecule has 0 bridgehead atoms. The second kappa shape index (κ2) is 5.41. The molecule has 1 fully saturated rings. The summed E-state index contributed by atoms with van der Waals surface area (Å²) in [5.74, 6) is 2.24. The lowest BCUT2D eigenvalue weighted by Gasteiger charge is -2.23. The Bertz CT molecular complexity index is 626. The molecule has 2 unspecified atom stereocenters. The maximum atomic E-state index is 5.72. The Balaban J connectivity index is 1.66. The minimum atomic E-state index is 0.383. The Hall–Kier alpha value is -2.00. The van der Waals surface area contributed by atoms with E-state index in [0.29, 0.717) is 25.2 Å². The number of hydrogen-bond acceptors (Lipinski definition) is 3. The second-order valence-electron chi connectivity index (χ2n) is 5.64. The highest BCUT2D eigenvalue weighted by Gasteiger charge is 2.30. The third-order valence-corrected chi connectivity index (χ3v) is 4.38. The number of nitrogens with one attached hydrogen (secondary N) is 1. The molecule has 21 heavy (non-hydrogen) atoms. The summed E-state index contributed by atoms with van der Waals surface area (Å²) in [4.78, 5) is 0. The van der Waals surface area contributed by atoms with Crippen LogP contribution in [0.2, 0.25) is 0 Å². The molecule has 1 saturated heterocycles. The van der Waals surface area contributed by atoms with Gasteiger partial charge in [0.25, 0.3) is 0 Å². The van der Waals surface area contributed by atoms with Gasteiger partial charge in [0.2, 0.25) is 0 Å². The number of rotatable bonds is 2. The number of hydrogen-bond donors (Lipinski definition) is 1. The average molecular weight is 281 g/mol. The van der Waals surface area contributed by atoms with E-state index in [1.165, 1.54) is 11.1 Å². The van der Waals surface area contributed by atoms with Gasteiger partial charge in [-0.25, -0.2) is 0 Å². The summed E-state index contributed by atoms with van der Waals surface area (Å²) >= 11 is 0. The summed E-state index contributed by atoms with van der Waals surface area (Å²) in [6, 6.07) is 17.5. The summed E-state index contributed by atoms with van der Waals surface area (Å²) in [6.07, 6.45) is 1.15. The molecule has 0 aliphatic carbocycles. The van der Waals surface area contributed by atoms with E-state index in [0.717, 1.165) is 24.5 Å². The van der Waals surface area contributed by atoms with Crippen molar-refractivity contribution in [2.45, 2.75) is 18.4 Å². The lowest BCUT2D eigenvalue weighted by molar-refractivity contribution is 0.171. The highest BCUT2D eigenvalue weighted by Crippen LogP contribution is 2.41. The largest absolute Gasteiger partial charge is 0.486 e. The molecule has 0 saturated carbocycles. The number of benzene rings is 2. The normalized spacial score (nSPS) is 24.0. The van der Waals surface area contributed by atoms with E-state index in [2.05, 4.69) is 47.8 Å². The first kappa shape index (κ1) is 12.7. The molecular formula is C18H19NO2. The van der Waals surface area contributed by atoms with Gasteiger partial charge in [-0.2, -0.15) is 0 Å². The van der Waals surface area contributed by atoms with Crippen molar-refractivity contribution < 1.29 is 9.47 Å². The van der Waals surface area contributed by atoms with Crippen LogP contribution in [0.25, 0.3) is 0 Å². The van der Waals surface area contributed by atoms with Crippen LogP contribution in [0, 0.1) is 0 Å². The zero-order valence-electron chi connectivity index (χ0n) is 11.9. The van der Waals surface area contributed by atoms with Gasteiger partial charge in [0.1, 0.15) is 13.2 Å². The fraction of sp³-hybridized carbons (Fsp3) is 0.333. The zero-order valence-corrected chi connectivity index (χ0v) is 11.9. The molecule has 2 aromatic carbocycles. The second-order valence-corrected chi connectivity index (χ2v) is 5.64. The van der Waals surface area contributed by atoms with Crippen LogP contribution in [0.3, 0.4) is 0 Å². The van der Waals surface area contributed by atoms with Gasteiger partial charge in [-0.05, 0) is 36.2 Å². The van der Waals surface area contributed by atoms with E-state index in [4.69, 9.17) is 9.47 Å². The van der Waals surface area contributed by atoms with Gasteiger partial charge in [-0.15, -0.1) is 0 Å². The molecule has 1 N–H and O–H groups in total. The van der Waals surface area contributed by atoms with Gasteiger partial charge >= 0.3 is 0 Å². The van der Waals surface area contributed by atoms with Gasteiger partial charge < -0.3 is 14.8 Å². The van der Waals surface area contributed by atoms with E-state index in [9.17, 15) is 0 Å². The molecule has 2 atom stereocenters. The molecule has 2 aliphatic heterocycles. The van der Waals surface area contributed by atoms with Crippen molar-refractivity contribution in [2.75, 3.05) is 19.8 Å². The predicted octanol–water partition coefficient (Wildman–Crippen LogP) is 3.28. The summed E-state index contributed by atoms with van der Waals surface area (Å²) in [6.45, 7) is 2.34. The quantitative estimate of drug-likeness (QED) is 0.916. The van der Waals surface area contributed by atoms with Crippen molar-refractivity contribution in [3.63, 3.8) is 0 Å². The Labute approximate surface area is 124 Å². The maximum absolute atomic E-state index is 5.72. The van der Waals surface area contributed by atoms with Crippen molar-refractivity contribution in [3.05, 3.63) is 59.7 Å². The van der Waals surface area contributed by atoms with Crippen molar-refractivity contribution in [3.8, 4) is 11.5 Å². The minimum absolute atomic E-state index is 0.383. The first-order valence-corrected chi connectivity index (χ1v) is 7.60. The van der Waals surface area contributed by atoms with E-state index < -0.39 is 0 Å². The van der Waals surface area contributed by atoms with E-state index >= 15 is 0 Å². The Morgan fingerprint density at radius 2 is 1.67 bits per heavy atom. The number of ether oxygens (including phenoxy) is 2. The first-order chi connectivity index (χ1) is 10.4. The van der Waals surface area contributed by atoms with Crippen molar-refractivity contribution in [1.82, 2.24) is 5.32 Å². The summed E-state index contributed by atoms with van der Waals surface area (Å²) in [5, 5.41) is 3.63. The fourth-order valence-electron chi connectivity index (χ4n) is 3.36. The fourth-order valence-corrected chi connectivity index (χ4v) is 3.36. The monoisotopic (exact) mass is 281 g/mol.